The van der Waals surface area contributed by atoms with E-state index in [1.165, 1.54) is 0 Å². The fourth-order valence-electron chi connectivity index (χ4n) is 2.49. The van der Waals surface area contributed by atoms with Gasteiger partial charge in [0.2, 0.25) is 0 Å². The van der Waals surface area contributed by atoms with Gasteiger partial charge in [-0.25, -0.2) is 15.0 Å². The molecule has 0 bridgehead atoms. The molecule has 0 amide bonds. The fourth-order valence-corrected chi connectivity index (χ4v) is 2.78. The highest BCUT2D eigenvalue weighted by atomic mass is 127. The Kier molecular flexibility index (Phi) is 5.73. The van der Waals surface area contributed by atoms with Crippen molar-refractivity contribution in [1.29, 1.82) is 0 Å². The smallest absolute Gasteiger partial charge is 0.164 e. The van der Waals surface area contributed by atoms with Crippen LogP contribution in [0.25, 0.3) is 28.3 Å². The van der Waals surface area contributed by atoms with E-state index in [1.807, 2.05) is 67.6 Å². The monoisotopic (exact) mass is 451 g/mol. The number of nitrogens with zero attached hydrogens (tertiary/aromatic N) is 3. The molecule has 1 heterocycles. The summed E-state index contributed by atoms with van der Waals surface area (Å²) >= 11 is 2.20. The third-order valence-electron chi connectivity index (χ3n) is 3.96. The summed E-state index contributed by atoms with van der Waals surface area (Å²) in [6, 6.07) is 19.8. The number of benzene rings is 2. The zero-order valence-corrected chi connectivity index (χ0v) is 16.6. The number of hydrogen-bond acceptors (Lipinski definition) is 3. The molecule has 26 heavy (non-hydrogen) atoms. The molecule has 0 N–H and O–H groups in total. The van der Waals surface area contributed by atoms with Crippen molar-refractivity contribution in [3.8, 4) is 22.8 Å². The van der Waals surface area contributed by atoms with E-state index in [2.05, 4.69) is 35.7 Å². The molecule has 0 aliphatic heterocycles. The molecule has 0 unspecified atom stereocenters. The van der Waals surface area contributed by atoms with Gasteiger partial charge in [-0.1, -0.05) is 79.9 Å². The average Bonchev–Trinajstić information content (AvgIpc) is 2.69. The summed E-state index contributed by atoms with van der Waals surface area (Å²) in [5.74, 6) is 1.88. The molecular formula is C22H18IN3. The van der Waals surface area contributed by atoms with E-state index < -0.39 is 0 Å². The normalized spacial score (nSPS) is 11.6. The minimum Gasteiger partial charge on any atom is -0.208 e. The summed E-state index contributed by atoms with van der Waals surface area (Å²) in [5, 5.41) is 0. The van der Waals surface area contributed by atoms with Gasteiger partial charge in [0.15, 0.2) is 17.5 Å². The molecule has 2 aromatic carbocycles. The summed E-state index contributed by atoms with van der Waals surface area (Å²) in [6.07, 6.45) is 1.78. The van der Waals surface area contributed by atoms with Crippen LogP contribution in [0.1, 0.15) is 12.7 Å². The quantitative estimate of drug-likeness (QED) is 0.347. The maximum Gasteiger partial charge on any atom is 0.164 e. The molecule has 0 aliphatic rings. The van der Waals surface area contributed by atoms with Crippen LogP contribution in [-0.2, 0) is 0 Å². The molecule has 0 fully saturated rings. The standard InChI is InChI=1S/C22H18IN3/c1-4-19(15(2)16(3)23)22-25-20(17-11-7-5-8-12-17)24-21(26-22)18-13-9-6-10-14-18/h4-14H,1,3H2,2H3/b19-15-. The maximum atomic E-state index is 4.71. The van der Waals surface area contributed by atoms with Gasteiger partial charge in [-0.05, 0) is 35.1 Å². The number of allylic oxidation sites excluding steroid dienone is 4. The topological polar surface area (TPSA) is 38.7 Å². The summed E-state index contributed by atoms with van der Waals surface area (Å²) in [5.41, 5.74) is 3.76. The maximum absolute atomic E-state index is 4.71. The van der Waals surface area contributed by atoms with Gasteiger partial charge in [-0.15, -0.1) is 0 Å². The van der Waals surface area contributed by atoms with Gasteiger partial charge >= 0.3 is 0 Å². The Bertz CT molecular complexity index is 919. The Hall–Kier alpha value is -2.60. The van der Waals surface area contributed by atoms with E-state index in [9.17, 15) is 0 Å². The Labute approximate surface area is 167 Å². The Morgan fingerprint density at radius 2 is 1.31 bits per heavy atom. The highest BCUT2D eigenvalue weighted by Crippen LogP contribution is 2.28. The van der Waals surface area contributed by atoms with Crippen LogP contribution in [0.2, 0.25) is 0 Å². The van der Waals surface area contributed by atoms with Crippen LogP contribution in [-0.4, -0.2) is 15.0 Å². The van der Waals surface area contributed by atoms with Crippen LogP contribution in [0.15, 0.2) is 89.1 Å². The predicted octanol–water partition coefficient (Wildman–Crippen LogP) is 6.11. The number of aromatic nitrogens is 3. The molecule has 0 atom stereocenters. The molecule has 1 aromatic heterocycles. The molecule has 128 valence electrons. The number of halogens is 1. The van der Waals surface area contributed by atoms with E-state index in [4.69, 9.17) is 15.0 Å². The van der Waals surface area contributed by atoms with E-state index in [0.29, 0.717) is 17.5 Å². The lowest BCUT2D eigenvalue weighted by Crippen LogP contribution is -2.03. The summed E-state index contributed by atoms with van der Waals surface area (Å²) in [6.45, 7) is 9.96. The SMILES string of the molecule is C=C/C(=C(\C)C(=C)I)c1nc(-c2ccccc2)nc(-c2ccccc2)n1. The van der Waals surface area contributed by atoms with Crippen LogP contribution in [0, 0.1) is 0 Å². The molecule has 0 saturated heterocycles. The molecule has 3 nitrogen and oxygen atoms in total. The van der Waals surface area contributed by atoms with E-state index >= 15 is 0 Å². The van der Waals surface area contributed by atoms with Gasteiger partial charge < -0.3 is 0 Å². The van der Waals surface area contributed by atoms with Crippen LogP contribution in [0.4, 0.5) is 0 Å². The first-order valence-electron chi connectivity index (χ1n) is 8.15. The molecule has 4 heteroatoms. The molecule has 0 aliphatic carbocycles. The molecule has 0 saturated carbocycles. The number of rotatable bonds is 5. The van der Waals surface area contributed by atoms with Gasteiger partial charge in [0.25, 0.3) is 0 Å². The minimum absolute atomic E-state index is 0.600. The van der Waals surface area contributed by atoms with Crippen molar-refractivity contribution in [3.05, 3.63) is 94.9 Å². The van der Waals surface area contributed by atoms with Gasteiger partial charge in [0, 0.05) is 20.3 Å². The summed E-state index contributed by atoms with van der Waals surface area (Å²) in [7, 11) is 0. The van der Waals surface area contributed by atoms with E-state index in [0.717, 1.165) is 25.9 Å². The summed E-state index contributed by atoms with van der Waals surface area (Å²) in [4.78, 5) is 14.1. The second-order valence-corrected chi connectivity index (χ2v) is 6.99. The van der Waals surface area contributed by atoms with Crippen LogP contribution in [0.3, 0.4) is 0 Å². The van der Waals surface area contributed by atoms with Crippen LogP contribution in [0.5, 0.6) is 0 Å². The van der Waals surface area contributed by atoms with Gasteiger partial charge in [-0.2, -0.15) is 0 Å². The molecular weight excluding hydrogens is 433 g/mol. The third-order valence-corrected chi connectivity index (χ3v) is 4.76. The highest BCUT2D eigenvalue weighted by molar-refractivity contribution is 14.1. The average molecular weight is 451 g/mol. The van der Waals surface area contributed by atoms with Gasteiger partial charge in [-0.3, -0.25) is 0 Å². The Morgan fingerprint density at radius 1 is 0.846 bits per heavy atom. The van der Waals surface area contributed by atoms with Crippen molar-refractivity contribution in [3.63, 3.8) is 0 Å². The zero-order valence-electron chi connectivity index (χ0n) is 14.5. The first kappa shape index (κ1) is 18.2. The van der Waals surface area contributed by atoms with Crippen molar-refractivity contribution in [2.45, 2.75) is 6.92 Å². The van der Waals surface area contributed by atoms with Crippen molar-refractivity contribution < 1.29 is 0 Å². The lowest BCUT2D eigenvalue weighted by molar-refractivity contribution is 1.03. The first-order chi connectivity index (χ1) is 12.6. The largest absolute Gasteiger partial charge is 0.208 e. The first-order valence-corrected chi connectivity index (χ1v) is 9.23. The highest BCUT2D eigenvalue weighted by Gasteiger charge is 2.14. The Balaban J connectivity index is 2.26. The molecule has 0 radical (unpaired) electrons. The van der Waals surface area contributed by atoms with Crippen molar-refractivity contribution >= 4 is 28.2 Å². The Morgan fingerprint density at radius 3 is 1.69 bits per heavy atom. The zero-order chi connectivity index (χ0) is 18.5. The van der Waals surface area contributed by atoms with E-state index in [-0.39, 0.29) is 0 Å². The lowest BCUT2D eigenvalue weighted by Gasteiger charge is -2.10. The molecule has 0 spiro atoms. The van der Waals surface area contributed by atoms with Gasteiger partial charge in [0.05, 0.1) is 0 Å². The van der Waals surface area contributed by atoms with Crippen molar-refractivity contribution in [1.82, 2.24) is 15.0 Å². The predicted molar refractivity (Wildman–Crippen MR) is 117 cm³/mol. The van der Waals surface area contributed by atoms with E-state index in [1.54, 1.807) is 6.08 Å². The minimum atomic E-state index is 0.600. The molecule has 3 aromatic rings. The number of hydrogen-bond donors (Lipinski definition) is 0. The second kappa shape index (κ2) is 8.19. The molecule has 3 rings (SSSR count). The van der Waals surface area contributed by atoms with Crippen molar-refractivity contribution in [2.75, 3.05) is 0 Å². The van der Waals surface area contributed by atoms with Crippen LogP contribution < -0.4 is 0 Å². The summed E-state index contributed by atoms with van der Waals surface area (Å²) < 4.78 is 0.931. The van der Waals surface area contributed by atoms with Crippen LogP contribution >= 0.6 is 22.6 Å². The lowest BCUT2D eigenvalue weighted by atomic mass is 10.1. The van der Waals surface area contributed by atoms with Crippen molar-refractivity contribution in [2.24, 2.45) is 0 Å². The van der Waals surface area contributed by atoms with Gasteiger partial charge in [0.1, 0.15) is 0 Å². The third kappa shape index (κ3) is 3.96. The fraction of sp³-hybridized carbons (Fsp3) is 0.0455. The second-order valence-electron chi connectivity index (χ2n) is 5.69.